The summed E-state index contributed by atoms with van der Waals surface area (Å²) in [5.41, 5.74) is 1.83. The molecule has 1 atom stereocenters. The van der Waals surface area contributed by atoms with Gasteiger partial charge in [0, 0.05) is 17.2 Å². The zero-order chi connectivity index (χ0) is 17.6. The number of esters is 1. The molecule has 3 aromatic rings. The van der Waals surface area contributed by atoms with Gasteiger partial charge in [0.1, 0.15) is 5.76 Å². The van der Waals surface area contributed by atoms with E-state index in [2.05, 4.69) is 22.9 Å². The van der Waals surface area contributed by atoms with Crippen LogP contribution < -0.4 is 0 Å². The van der Waals surface area contributed by atoms with Crippen molar-refractivity contribution in [2.75, 3.05) is 6.61 Å². The number of aryl methyl sites for hydroxylation is 1. The number of alkyl halides is 1. The first-order valence-electron chi connectivity index (χ1n) is 8.55. The van der Waals surface area contributed by atoms with Crippen molar-refractivity contribution in [2.24, 2.45) is 0 Å². The van der Waals surface area contributed by atoms with Crippen molar-refractivity contribution in [3.63, 3.8) is 0 Å². The number of hydrogen-bond acceptors (Lipinski definition) is 3. The molecule has 0 aliphatic heterocycles. The van der Waals surface area contributed by atoms with E-state index in [0.29, 0.717) is 18.6 Å². The minimum Gasteiger partial charge on any atom is -0.467 e. The lowest BCUT2D eigenvalue weighted by molar-refractivity contribution is 0.0499. The normalized spacial score (nSPS) is 12.2. The number of rotatable bonds is 7. The van der Waals surface area contributed by atoms with Crippen LogP contribution in [0.15, 0.2) is 59.2 Å². The van der Waals surface area contributed by atoms with E-state index in [-0.39, 0.29) is 10.8 Å². The van der Waals surface area contributed by atoms with Crippen molar-refractivity contribution in [1.82, 2.24) is 0 Å². The summed E-state index contributed by atoms with van der Waals surface area (Å²) < 4.78 is 11.1. The van der Waals surface area contributed by atoms with Crippen LogP contribution in [0.5, 0.6) is 0 Å². The standard InChI is InChI=1S/C21H21BrO3/c1-2-5-15-8-10-16(11-9-15)21(23)24-13-12-19(22)20-18-7-4-3-6-17(18)14-25-20/h3-4,6-11,14,19H,2,5,12-13H2,1H3. The quantitative estimate of drug-likeness (QED) is 0.356. The van der Waals surface area contributed by atoms with Gasteiger partial charge in [-0.15, -0.1) is 0 Å². The van der Waals surface area contributed by atoms with Gasteiger partial charge in [-0.25, -0.2) is 4.79 Å². The van der Waals surface area contributed by atoms with Gasteiger partial charge < -0.3 is 9.15 Å². The van der Waals surface area contributed by atoms with Crippen LogP contribution in [-0.2, 0) is 11.2 Å². The second-order valence-electron chi connectivity index (χ2n) is 6.03. The van der Waals surface area contributed by atoms with E-state index < -0.39 is 0 Å². The van der Waals surface area contributed by atoms with Gasteiger partial charge in [0.25, 0.3) is 0 Å². The van der Waals surface area contributed by atoms with E-state index >= 15 is 0 Å². The molecule has 1 heterocycles. The molecule has 0 amide bonds. The van der Waals surface area contributed by atoms with Crippen molar-refractivity contribution in [1.29, 1.82) is 0 Å². The van der Waals surface area contributed by atoms with Crippen molar-refractivity contribution in [3.8, 4) is 0 Å². The van der Waals surface area contributed by atoms with Crippen molar-refractivity contribution >= 4 is 32.7 Å². The summed E-state index contributed by atoms with van der Waals surface area (Å²) in [5.74, 6) is 0.586. The largest absolute Gasteiger partial charge is 0.467 e. The number of benzene rings is 2. The van der Waals surface area contributed by atoms with Crippen LogP contribution in [-0.4, -0.2) is 12.6 Å². The molecule has 1 aromatic heterocycles. The van der Waals surface area contributed by atoms with Crippen LogP contribution in [0.1, 0.15) is 46.3 Å². The monoisotopic (exact) mass is 400 g/mol. The Morgan fingerprint density at radius 3 is 2.68 bits per heavy atom. The lowest BCUT2D eigenvalue weighted by atomic mass is 10.1. The first-order chi connectivity index (χ1) is 12.2. The molecule has 3 rings (SSSR count). The lowest BCUT2D eigenvalue weighted by Crippen LogP contribution is -2.08. The lowest BCUT2D eigenvalue weighted by Gasteiger charge is -2.09. The first kappa shape index (κ1) is 17.7. The van der Waals surface area contributed by atoms with E-state index in [1.165, 1.54) is 5.56 Å². The summed E-state index contributed by atoms with van der Waals surface area (Å²) in [6.07, 6.45) is 4.52. The molecule has 4 heteroatoms. The van der Waals surface area contributed by atoms with E-state index in [1.807, 2.05) is 48.5 Å². The van der Waals surface area contributed by atoms with Gasteiger partial charge in [-0.2, -0.15) is 0 Å². The van der Waals surface area contributed by atoms with Crippen LogP contribution in [0.4, 0.5) is 0 Å². The molecule has 0 aliphatic rings. The number of hydrogen-bond donors (Lipinski definition) is 0. The van der Waals surface area contributed by atoms with E-state index in [1.54, 1.807) is 6.26 Å². The third-order valence-electron chi connectivity index (χ3n) is 4.16. The maximum Gasteiger partial charge on any atom is 0.338 e. The third kappa shape index (κ3) is 4.31. The zero-order valence-corrected chi connectivity index (χ0v) is 15.8. The summed E-state index contributed by atoms with van der Waals surface area (Å²) in [6, 6.07) is 15.7. The Hall–Kier alpha value is -2.07. The highest BCUT2D eigenvalue weighted by Gasteiger charge is 2.16. The highest BCUT2D eigenvalue weighted by atomic mass is 79.9. The fourth-order valence-corrected chi connectivity index (χ4v) is 3.36. The van der Waals surface area contributed by atoms with Gasteiger partial charge >= 0.3 is 5.97 Å². The Bertz CT molecular complexity index is 836. The average molecular weight is 401 g/mol. The molecule has 0 saturated carbocycles. The van der Waals surface area contributed by atoms with Crippen LogP contribution in [0.25, 0.3) is 10.8 Å². The Morgan fingerprint density at radius 1 is 1.16 bits per heavy atom. The predicted octanol–water partition coefficient (Wildman–Crippen LogP) is 6.07. The van der Waals surface area contributed by atoms with Crippen LogP contribution in [0.2, 0.25) is 0 Å². The Balaban J connectivity index is 1.54. The Kier molecular flexibility index (Phi) is 5.92. The molecule has 130 valence electrons. The summed E-state index contributed by atoms with van der Waals surface area (Å²) in [7, 11) is 0. The molecule has 1 unspecified atom stereocenters. The van der Waals surface area contributed by atoms with Crippen molar-refractivity contribution in [3.05, 3.63) is 71.7 Å². The molecule has 0 spiro atoms. The minimum absolute atomic E-state index is 0.00660. The van der Waals surface area contributed by atoms with Gasteiger partial charge in [0.2, 0.25) is 0 Å². The highest BCUT2D eigenvalue weighted by molar-refractivity contribution is 9.09. The van der Waals surface area contributed by atoms with Crippen molar-refractivity contribution in [2.45, 2.75) is 31.0 Å². The molecule has 0 radical (unpaired) electrons. The Labute approximate surface area is 156 Å². The smallest absolute Gasteiger partial charge is 0.338 e. The topological polar surface area (TPSA) is 39.4 Å². The van der Waals surface area contributed by atoms with E-state index in [0.717, 1.165) is 29.4 Å². The fraction of sp³-hybridized carbons (Fsp3) is 0.286. The van der Waals surface area contributed by atoms with Gasteiger partial charge in [-0.3, -0.25) is 0 Å². The number of ether oxygens (including phenoxy) is 1. The van der Waals surface area contributed by atoms with Crippen LogP contribution >= 0.6 is 15.9 Å². The third-order valence-corrected chi connectivity index (χ3v) is 5.03. The molecule has 25 heavy (non-hydrogen) atoms. The molecular weight excluding hydrogens is 380 g/mol. The summed E-state index contributed by atoms with van der Waals surface area (Å²) >= 11 is 3.63. The molecule has 0 aliphatic carbocycles. The van der Waals surface area contributed by atoms with Gasteiger partial charge in [0.05, 0.1) is 23.3 Å². The maximum absolute atomic E-state index is 12.1. The molecule has 0 saturated heterocycles. The van der Waals surface area contributed by atoms with Crippen LogP contribution in [0, 0.1) is 0 Å². The Morgan fingerprint density at radius 2 is 1.92 bits per heavy atom. The SMILES string of the molecule is CCCc1ccc(C(=O)OCCC(Br)c2occ3ccccc23)cc1. The number of halogens is 1. The molecule has 0 bridgehead atoms. The van der Waals surface area contributed by atoms with Gasteiger partial charge in [-0.1, -0.05) is 65.7 Å². The van der Waals surface area contributed by atoms with Crippen LogP contribution in [0.3, 0.4) is 0 Å². The van der Waals surface area contributed by atoms with E-state index in [9.17, 15) is 4.79 Å². The summed E-state index contributed by atoms with van der Waals surface area (Å²) in [5, 5.41) is 2.16. The fourth-order valence-electron chi connectivity index (χ4n) is 2.82. The second-order valence-corrected chi connectivity index (χ2v) is 7.13. The summed E-state index contributed by atoms with van der Waals surface area (Å²) in [6.45, 7) is 2.47. The number of furan rings is 1. The molecule has 3 nitrogen and oxygen atoms in total. The summed E-state index contributed by atoms with van der Waals surface area (Å²) in [4.78, 5) is 12.1. The molecule has 0 N–H and O–H groups in total. The second kappa shape index (κ2) is 8.34. The number of fused-ring (bicyclic) bond motifs is 1. The highest BCUT2D eigenvalue weighted by Crippen LogP contribution is 2.33. The zero-order valence-electron chi connectivity index (χ0n) is 14.2. The van der Waals surface area contributed by atoms with Gasteiger partial charge in [-0.05, 0) is 24.1 Å². The number of carbonyl (C=O) groups excluding carboxylic acids is 1. The predicted molar refractivity (Wildman–Crippen MR) is 103 cm³/mol. The van der Waals surface area contributed by atoms with Crippen molar-refractivity contribution < 1.29 is 13.9 Å². The van der Waals surface area contributed by atoms with Gasteiger partial charge in [0.15, 0.2) is 0 Å². The maximum atomic E-state index is 12.1. The molecule has 2 aromatic carbocycles. The van der Waals surface area contributed by atoms with E-state index in [4.69, 9.17) is 9.15 Å². The average Bonchev–Trinajstić information content (AvgIpc) is 3.06. The minimum atomic E-state index is -0.285. The molecular formula is C21H21BrO3. The molecule has 0 fully saturated rings. The first-order valence-corrected chi connectivity index (χ1v) is 9.47. The number of carbonyl (C=O) groups is 1.